The van der Waals surface area contributed by atoms with Gasteiger partial charge in [0.2, 0.25) is 5.91 Å². The lowest BCUT2D eigenvalue weighted by atomic mass is 9.91. The molecule has 2 aliphatic rings. The Morgan fingerprint density at radius 2 is 2.00 bits per heavy atom. The molecule has 1 saturated carbocycles. The Kier molecular flexibility index (Phi) is 4.44. The van der Waals surface area contributed by atoms with E-state index in [4.69, 9.17) is 16.3 Å². The predicted molar refractivity (Wildman–Crippen MR) is 88.9 cm³/mol. The van der Waals surface area contributed by atoms with Gasteiger partial charge in [0.05, 0.1) is 13.0 Å². The molecular formula is C18H20ClNO3. The van der Waals surface area contributed by atoms with Crippen LogP contribution >= 0.6 is 11.6 Å². The zero-order valence-electron chi connectivity index (χ0n) is 13.1. The average molecular weight is 334 g/mol. The largest absolute Gasteiger partial charge is 0.469 e. The lowest BCUT2D eigenvalue weighted by Crippen LogP contribution is -2.39. The van der Waals surface area contributed by atoms with Crippen LogP contribution in [0.15, 0.2) is 30.3 Å². The minimum Gasteiger partial charge on any atom is -0.469 e. The van der Waals surface area contributed by atoms with Gasteiger partial charge in [0, 0.05) is 24.2 Å². The Labute approximate surface area is 141 Å². The van der Waals surface area contributed by atoms with E-state index >= 15 is 0 Å². The van der Waals surface area contributed by atoms with Crippen molar-refractivity contribution in [1.29, 1.82) is 0 Å². The summed E-state index contributed by atoms with van der Waals surface area (Å²) in [5.74, 6) is -0.0816. The maximum atomic E-state index is 12.3. The summed E-state index contributed by atoms with van der Waals surface area (Å²) in [6.45, 7) is 1.39. The van der Waals surface area contributed by atoms with E-state index < -0.39 is 0 Å². The van der Waals surface area contributed by atoms with Crippen LogP contribution in [0.25, 0.3) is 6.08 Å². The maximum absolute atomic E-state index is 12.3. The van der Waals surface area contributed by atoms with Crippen molar-refractivity contribution < 1.29 is 14.3 Å². The van der Waals surface area contributed by atoms with Gasteiger partial charge in [0.1, 0.15) is 0 Å². The third-order valence-electron chi connectivity index (χ3n) is 5.06. The minimum atomic E-state index is -0.108. The summed E-state index contributed by atoms with van der Waals surface area (Å²) in [5, 5.41) is 0.632. The molecule has 1 amide bonds. The standard InChI is InChI=1S/C18H20ClNO3/c1-23-17(22)14-12-18(14)8-10-20(11-9-18)16(21)7-6-13-4-2-3-5-15(13)19/h2-7,14H,8-12H2,1H3. The van der Waals surface area contributed by atoms with Crippen molar-refractivity contribution in [2.24, 2.45) is 11.3 Å². The third kappa shape index (κ3) is 3.27. The highest BCUT2D eigenvalue weighted by Gasteiger charge is 2.59. The zero-order valence-corrected chi connectivity index (χ0v) is 13.9. The summed E-state index contributed by atoms with van der Waals surface area (Å²) in [6, 6.07) is 7.43. The molecule has 3 rings (SSSR count). The first-order valence-electron chi connectivity index (χ1n) is 7.85. The minimum absolute atomic E-state index is 0.00459. The van der Waals surface area contributed by atoms with Gasteiger partial charge in [-0.2, -0.15) is 0 Å². The van der Waals surface area contributed by atoms with Gasteiger partial charge >= 0.3 is 5.97 Å². The molecule has 2 fully saturated rings. The molecular weight excluding hydrogens is 314 g/mol. The second-order valence-electron chi connectivity index (χ2n) is 6.32. The number of ether oxygens (including phenoxy) is 1. The van der Waals surface area contributed by atoms with E-state index in [1.165, 1.54) is 7.11 Å². The first-order valence-corrected chi connectivity index (χ1v) is 8.23. The predicted octanol–water partition coefficient (Wildman–Crippen LogP) is 3.15. The molecule has 1 aromatic rings. The maximum Gasteiger partial charge on any atom is 0.309 e. The lowest BCUT2D eigenvalue weighted by molar-refractivity contribution is -0.143. The van der Waals surface area contributed by atoms with Gasteiger partial charge < -0.3 is 9.64 Å². The van der Waals surface area contributed by atoms with Gasteiger partial charge in [-0.1, -0.05) is 29.8 Å². The van der Waals surface area contributed by atoms with E-state index in [0.29, 0.717) is 18.1 Å². The fourth-order valence-electron chi connectivity index (χ4n) is 3.42. The highest BCUT2D eigenvalue weighted by atomic mass is 35.5. The molecule has 1 aromatic carbocycles. The molecule has 0 aromatic heterocycles. The molecule has 1 aliphatic heterocycles. The molecule has 1 unspecified atom stereocenters. The second kappa shape index (κ2) is 6.36. The van der Waals surface area contributed by atoms with Gasteiger partial charge in [-0.15, -0.1) is 0 Å². The molecule has 1 heterocycles. The summed E-state index contributed by atoms with van der Waals surface area (Å²) < 4.78 is 4.83. The van der Waals surface area contributed by atoms with E-state index in [2.05, 4.69) is 0 Å². The molecule has 1 atom stereocenters. The molecule has 4 nitrogen and oxygen atoms in total. The summed E-state index contributed by atoms with van der Waals surface area (Å²) >= 11 is 6.08. The first kappa shape index (κ1) is 16.1. The second-order valence-corrected chi connectivity index (χ2v) is 6.73. The molecule has 1 saturated heterocycles. The molecule has 5 heteroatoms. The van der Waals surface area contributed by atoms with Crippen LogP contribution in [-0.4, -0.2) is 37.0 Å². The average Bonchev–Trinajstić information content (AvgIpc) is 3.27. The van der Waals surface area contributed by atoms with Crippen LogP contribution in [0.4, 0.5) is 0 Å². The fraction of sp³-hybridized carbons (Fsp3) is 0.444. The number of esters is 1. The molecule has 23 heavy (non-hydrogen) atoms. The Morgan fingerprint density at radius 1 is 1.30 bits per heavy atom. The lowest BCUT2D eigenvalue weighted by Gasteiger charge is -2.32. The first-order chi connectivity index (χ1) is 11.1. The number of hydrogen-bond donors (Lipinski definition) is 0. The molecule has 122 valence electrons. The smallest absolute Gasteiger partial charge is 0.309 e. The summed E-state index contributed by atoms with van der Waals surface area (Å²) in [5.41, 5.74) is 0.917. The van der Waals surface area contributed by atoms with Crippen molar-refractivity contribution in [3.8, 4) is 0 Å². The topological polar surface area (TPSA) is 46.6 Å². The number of carbonyl (C=O) groups is 2. The van der Waals surface area contributed by atoms with E-state index in [-0.39, 0.29) is 23.2 Å². The van der Waals surface area contributed by atoms with Crippen molar-refractivity contribution in [3.05, 3.63) is 40.9 Å². The van der Waals surface area contributed by atoms with Crippen molar-refractivity contribution in [1.82, 2.24) is 4.90 Å². The quantitative estimate of drug-likeness (QED) is 0.630. The summed E-state index contributed by atoms with van der Waals surface area (Å²) in [7, 11) is 1.44. The zero-order chi connectivity index (χ0) is 16.4. The number of hydrogen-bond acceptors (Lipinski definition) is 3. The number of benzene rings is 1. The molecule has 0 radical (unpaired) electrons. The monoisotopic (exact) mass is 333 g/mol. The van der Waals surface area contributed by atoms with E-state index in [1.54, 1.807) is 18.2 Å². The number of piperidine rings is 1. The third-order valence-corrected chi connectivity index (χ3v) is 5.40. The normalized spacial score (nSPS) is 22.3. The molecule has 0 N–H and O–H groups in total. The Bertz CT molecular complexity index is 647. The number of carbonyl (C=O) groups excluding carboxylic acids is 2. The van der Waals surface area contributed by atoms with Gasteiger partial charge in [-0.25, -0.2) is 0 Å². The highest BCUT2D eigenvalue weighted by molar-refractivity contribution is 6.32. The van der Waals surface area contributed by atoms with E-state index in [1.807, 2.05) is 23.1 Å². The van der Waals surface area contributed by atoms with Crippen LogP contribution in [0.2, 0.25) is 5.02 Å². The number of halogens is 1. The Hall–Kier alpha value is -1.81. The van der Waals surface area contributed by atoms with Crippen molar-refractivity contribution >= 4 is 29.6 Å². The van der Waals surface area contributed by atoms with E-state index in [9.17, 15) is 9.59 Å². The number of methoxy groups -OCH3 is 1. The molecule has 0 bridgehead atoms. The van der Waals surface area contributed by atoms with Gasteiger partial charge in [0.25, 0.3) is 0 Å². The van der Waals surface area contributed by atoms with Gasteiger partial charge in [-0.3, -0.25) is 9.59 Å². The Morgan fingerprint density at radius 3 is 2.65 bits per heavy atom. The molecule has 1 spiro atoms. The fourth-order valence-corrected chi connectivity index (χ4v) is 3.62. The summed E-state index contributed by atoms with van der Waals surface area (Å²) in [4.78, 5) is 25.8. The van der Waals surface area contributed by atoms with Crippen molar-refractivity contribution in [3.63, 3.8) is 0 Å². The van der Waals surface area contributed by atoms with Gasteiger partial charge in [-0.05, 0) is 42.4 Å². The number of nitrogens with zero attached hydrogens (tertiary/aromatic N) is 1. The highest BCUT2D eigenvalue weighted by Crippen LogP contribution is 2.59. The van der Waals surface area contributed by atoms with E-state index in [0.717, 1.165) is 24.8 Å². The SMILES string of the molecule is COC(=O)C1CC12CCN(C(=O)C=Cc1ccccc1Cl)CC2. The van der Waals surface area contributed by atoms with Crippen LogP contribution in [-0.2, 0) is 14.3 Å². The number of rotatable bonds is 3. The Balaban J connectivity index is 1.55. The summed E-state index contributed by atoms with van der Waals surface area (Å²) in [6.07, 6.45) is 5.97. The van der Waals surface area contributed by atoms with Crippen molar-refractivity contribution in [2.75, 3.05) is 20.2 Å². The van der Waals surface area contributed by atoms with Crippen LogP contribution < -0.4 is 0 Å². The van der Waals surface area contributed by atoms with Crippen LogP contribution in [0, 0.1) is 11.3 Å². The van der Waals surface area contributed by atoms with Crippen LogP contribution in [0.5, 0.6) is 0 Å². The van der Waals surface area contributed by atoms with Crippen molar-refractivity contribution in [2.45, 2.75) is 19.3 Å². The van der Waals surface area contributed by atoms with Gasteiger partial charge in [0.15, 0.2) is 0 Å². The molecule has 1 aliphatic carbocycles. The van der Waals surface area contributed by atoms with Crippen LogP contribution in [0.3, 0.4) is 0 Å². The number of likely N-dealkylation sites (tertiary alicyclic amines) is 1. The van der Waals surface area contributed by atoms with Crippen LogP contribution in [0.1, 0.15) is 24.8 Å². The number of amides is 1.